The highest BCUT2D eigenvalue weighted by atomic mass is 79.9. The number of nitrogens with zero attached hydrogens (tertiary/aromatic N) is 2. The Morgan fingerprint density at radius 1 is 1.00 bits per heavy atom. The molecular formula is C14H8Br2ClN3. The Balaban J connectivity index is 2.26. The Hall–Kier alpha value is -1.17. The van der Waals surface area contributed by atoms with E-state index in [4.69, 9.17) is 17.3 Å². The highest BCUT2D eigenvalue weighted by Gasteiger charge is 2.10. The average molecular weight is 414 g/mol. The van der Waals surface area contributed by atoms with Crippen molar-refractivity contribution in [2.24, 2.45) is 0 Å². The van der Waals surface area contributed by atoms with Gasteiger partial charge in [0.15, 0.2) is 5.82 Å². The molecule has 1 heterocycles. The van der Waals surface area contributed by atoms with Crippen LogP contribution in [0.4, 0.5) is 5.82 Å². The third-order valence-corrected chi connectivity index (χ3v) is 4.16. The zero-order chi connectivity index (χ0) is 14.3. The molecule has 6 heteroatoms. The Morgan fingerprint density at radius 2 is 1.70 bits per heavy atom. The SMILES string of the molecule is Nc1nc(-c2ccc(Cl)cc2)nc2c(Br)cc(Br)cc12. The molecule has 0 radical (unpaired) electrons. The lowest BCUT2D eigenvalue weighted by Crippen LogP contribution is -1.98. The van der Waals surface area contributed by atoms with Gasteiger partial charge in [0.1, 0.15) is 5.82 Å². The van der Waals surface area contributed by atoms with Gasteiger partial charge in [-0.2, -0.15) is 0 Å². The van der Waals surface area contributed by atoms with Crippen molar-refractivity contribution in [3.63, 3.8) is 0 Å². The third kappa shape index (κ3) is 2.53. The summed E-state index contributed by atoms with van der Waals surface area (Å²) >= 11 is 12.8. The topological polar surface area (TPSA) is 51.8 Å². The van der Waals surface area contributed by atoms with E-state index in [1.54, 1.807) is 12.1 Å². The molecule has 0 aliphatic rings. The molecule has 3 nitrogen and oxygen atoms in total. The summed E-state index contributed by atoms with van der Waals surface area (Å²) in [4.78, 5) is 8.94. The van der Waals surface area contributed by atoms with Crippen molar-refractivity contribution in [2.45, 2.75) is 0 Å². The highest BCUT2D eigenvalue weighted by molar-refractivity contribution is 9.11. The van der Waals surface area contributed by atoms with Gasteiger partial charge in [-0.15, -0.1) is 0 Å². The van der Waals surface area contributed by atoms with E-state index in [1.165, 1.54) is 0 Å². The second-order valence-electron chi connectivity index (χ2n) is 4.22. The number of hydrogen-bond acceptors (Lipinski definition) is 3. The average Bonchev–Trinajstić information content (AvgIpc) is 2.40. The maximum absolute atomic E-state index is 6.04. The molecule has 0 aliphatic heterocycles. The molecule has 0 atom stereocenters. The van der Waals surface area contributed by atoms with Crippen molar-refractivity contribution in [2.75, 3.05) is 5.73 Å². The van der Waals surface area contributed by atoms with Crippen LogP contribution in [0.1, 0.15) is 0 Å². The second-order valence-corrected chi connectivity index (χ2v) is 6.43. The van der Waals surface area contributed by atoms with Crippen LogP contribution in [0, 0.1) is 0 Å². The van der Waals surface area contributed by atoms with Gasteiger partial charge in [0, 0.05) is 24.9 Å². The number of nitrogen functional groups attached to an aromatic ring is 1. The lowest BCUT2D eigenvalue weighted by molar-refractivity contribution is 1.23. The minimum absolute atomic E-state index is 0.446. The van der Waals surface area contributed by atoms with E-state index in [0.717, 1.165) is 25.4 Å². The van der Waals surface area contributed by atoms with Crippen LogP contribution in [-0.2, 0) is 0 Å². The summed E-state index contributed by atoms with van der Waals surface area (Å²) in [7, 11) is 0. The lowest BCUT2D eigenvalue weighted by atomic mass is 10.2. The molecule has 1 aromatic heterocycles. The molecule has 0 fully saturated rings. The number of aromatic nitrogens is 2. The fourth-order valence-corrected chi connectivity index (χ4v) is 3.35. The first kappa shape index (κ1) is 13.8. The minimum atomic E-state index is 0.446. The molecular weight excluding hydrogens is 405 g/mol. The predicted octanol–water partition coefficient (Wildman–Crippen LogP) is 5.06. The standard InChI is InChI=1S/C14H8Br2ClN3/c15-8-5-10-12(11(16)6-8)19-14(20-13(10)18)7-1-3-9(17)4-2-7/h1-6H,(H2,18,19,20). The van der Waals surface area contributed by atoms with E-state index in [9.17, 15) is 0 Å². The first-order valence-corrected chi connectivity index (χ1v) is 7.69. The first-order chi connectivity index (χ1) is 9.54. The van der Waals surface area contributed by atoms with Gasteiger partial charge in [-0.25, -0.2) is 9.97 Å². The van der Waals surface area contributed by atoms with Crippen molar-refractivity contribution in [3.8, 4) is 11.4 Å². The zero-order valence-corrected chi connectivity index (χ0v) is 14.0. The maximum Gasteiger partial charge on any atom is 0.162 e. The predicted molar refractivity (Wildman–Crippen MR) is 89.8 cm³/mol. The number of nitrogens with two attached hydrogens (primary N) is 1. The van der Waals surface area contributed by atoms with Crippen molar-refractivity contribution in [1.82, 2.24) is 9.97 Å². The van der Waals surface area contributed by atoms with Crippen LogP contribution >= 0.6 is 43.5 Å². The van der Waals surface area contributed by atoms with Crippen LogP contribution in [0.15, 0.2) is 45.3 Å². The van der Waals surface area contributed by atoms with Gasteiger partial charge in [0.25, 0.3) is 0 Å². The third-order valence-electron chi connectivity index (χ3n) is 2.85. The molecule has 0 spiro atoms. The Morgan fingerprint density at radius 3 is 2.40 bits per heavy atom. The number of anilines is 1. The summed E-state index contributed by atoms with van der Waals surface area (Å²) in [5, 5.41) is 1.48. The van der Waals surface area contributed by atoms with E-state index < -0.39 is 0 Å². The van der Waals surface area contributed by atoms with Crippen LogP contribution in [0.5, 0.6) is 0 Å². The monoisotopic (exact) mass is 411 g/mol. The molecule has 0 saturated heterocycles. The number of rotatable bonds is 1. The molecule has 0 bridgehead atoms. The molecule has 2 N–H and O–H groups in total. The Kier molecular flexibility index (Phi) is 3.67. The number of hydrogen-bond donors (Lipinski definition) is 1. The molecule has 100 valence electrons. The van der Waals surface area contributed by atoms with Crippen LogP contribution < -0.4 is 5.73 Å². The van der Waals surface area contributed by atoms with E-state index in [0.29, 0.717) is 16.7 Å². The van der Waals surface area contributed by atoms with E-state index >= 15 is 0 Å². The molecule has 20 heavy (non-hydrogen) atoms. The van der Waals surface area contributed by atoms with Gasteiger partial charge in [0.2, 0.25) is 0 Å². The highest BCUT2D eigenvalue weighted by Crippen LogP contribution is 2.31. The fraction of sp³-hybridized carbons (Fsp3) is 0. The molecule has 0 aliphatic carbocycles. The molecule has 0 saturated carbocycles. The second kappa shape index (κ2) is 5.31. The normalized spacial score (nSPS) is 10.9. The van der Waals surface area contributed by atoms with Gasteiger partial charge < -0.3 is 5.73 Å². The van der Waals surface area contributed by atoms with Crippen molar-refractivity contribution in [1.29, 1.82) is 0 Å². The summed E-state index contributed by atoms with van der Waals surface area (Å²) in [6.45, 7) is 0. The van der Waals surface area contributed by atoms with Gasteiger partial charge in [0.05, 0.1) is 5.52 Å². The van der Waals surface area contributed by atoms with Gasteiger partial charge in [-0.3, -0.25) is 0 Å². The first-order valence-electron chi connectivity index (χ1n) is 5.73. The summed E-state index contributed by atoms with van der Waals surface area (Å²) < 4.78 is 1.79. The molecule has 3 rings (SSSR count). The summed E-state index contributed by atoms with van der Waals surface area (Å²) in [5.41, 5.74) is 7.70. The molecule has 2 aromatic carbocycles. The Labute approximate surface area is 137 Å². The number of benzene rings is 2. The smallest absolute Gasteiger partial charge is 0.162 e. The largest absolute Gasteiger partial charge is 0.383 e. The zero-order valence-electron chi connectivity index (χ0n) is 10.1. The fourth-order valence-electron chi connectivity index (χ4n) is 1.91. The van der Waals surface area contributed by atoms with E-state index in [2.05, 4.69) is 41.8 Å². The minimum Gasteiger partial charge on any atom is -0.383 e. The summed E-state index contributed by atoms with van der Waals surface area (Å²) in [6.07, 6.45) is 0. The van der Waals surface area contributed by atoms with Crippen LogP contribution in [-0.4, -0.2) is 9.97 Å². The quantitative estimate of drug-likeness (QED) is 0.607. The molecule has 3 aromatic rings. The van der Waals surface area contributed by atoms with Crippen molar-refractivity contribution in [3.05, 3.63) is 50.4 Å². The lowest BCUT2D eigenvalue weighted by Gasteiger charge is -2.07. The van der Waals surface area contributed by atoms with Gasteiger partial charge in [-0.05, 0) is 52.3 Å². The molecule has 0 unspecified atom stereocenters. The molecule has 0 amide bonds. The van der Waals surface area contributed by atoms with Gasteiger partial charge in [-0.1, -0.05) is 27.5 Å². The van der Waals surface area contributed by atoms with Crippen LogP contribution in [0.3, 0.4) is 0 Å². The summed E-state index contributed by atoms with van der Waals surface area (Å²) in [6, 6.07) is 11.2. The Bertz CT molecular complexity index is 804. The van der Waals surface area contributed by atoms with Crippen LogP contribution in [0.25, 0.3) is 22.3 Å². The van der Waals surface area contributed by atoms with Gasteiger partial charge >= 0.3 is 0 Å². The number of fused-ring (bicyclic) bond motifs is 1. The van der Waals surface area contributed by atoms with Crippen LogP contribution in [0.2, 0.25) is 5.02 Å². The number of halogens is 3. The summed E-state index contributed by atoms with van der Waals surface area (Å²) in [5.74, 6) is 1.02. The maximum atomic E-state index is 6.04. The van der Waals surface area contributed by atoms with E-state index in [1.807, 2.05) is 24.3 Å². The van der Waals surface area contributed by atoms with Crippen molar-refractivity contribution < 1.29 is 0 Å². The van der Waals surface area contributed by atoms with E-state index in [-0.39, 0.29) is 0 Å². The van der Waals surface area contributed by atoms with Crippen molar-refractivity contribution >= 4 is 60.2 Å².